The van der Waals surface area contributed by atoms with E-state index in [0.29, 0.717) is 12.2 Å². The Bertz CT molecular complexity index is 890. The molecule has 2 N–H and O–H groups in total. The third-order valence-corrected chi connectivity index (χ3v) is 4.50. The number of nitrogens with one attached hydrogen (secondary N) is 1. The van der Waals surface area contributed by atoms with Gasteiger partial charge in [0.2, 0.25) is 5.91 Å². The van der Waals surface area contributed by atoms with Crippen LogP contribution in [0.5, 0.6) is 5.75 Å². The summed E-state index contributed by atoms with van der Waals surface area (Å²) in [5, 5.41) is 24.0. The Morgan fingerprint density at radius 1 is 1.24 bits per heavy atom. The summed E-state index contributed by atoms with van der Waals surface area (Å²) >= 11 is 0. The van der Waals surface area contributed by atoms with E-state index in [0.717, 1.165) is 35.2 Å². The van der Waals surface area contributed by atoms with E-state index in [1.807, 2.05) is 36.4 Å². The van der Waals surface area contributed by atoms with E-state index in [9.17, 15) is 9.90 Å². The zero-order valence-electron chi connectivity index (χ0n) is 13.5. The van der Waals surface area contributed by atoms with Crippen LogP contribution < -0.4 is 5.32 Å². The number of phenols is 1. The molecule has 0 aliphatic heterocycles. The molecule has 0 saturated carbocycles. The summed E-state index contributed by atoms with van der Waals surface area (Å²) in [5.74, 6) is 0.281. The van der Waals surface area contributed by atoms with Gasteiger partial charge < -0.3 is 10.4 Å². The van der Waals surface area contributed by atoms with E-state index in [1.165, 1.54) is 6.33 Å². The lowest BCUT2D eigenvalue weighted by atomic mass is 10.1. The van der Waals surface area contributed by atoms with Gasteiger partial charge >= 0.3 is 0 Å². The number of amides is 1. The third-order valence-electron chi connectivity index (χ3n) is 4.50. The predicted octanol–water partition coefficient (Wildman–Crippen LogP) is 1.71. The van der Waals surface area contributed by atoms with Crippen LogP contribution in [0.3, 0.4) is 0 Å². The first-order valence-corrected chi connectivity index (χ1v) is 8.13. The first-order valence-electron chi connectivity index (χ1n) is 8.13. The Morgan fingerprint density at radius 3 is 2.84 bits per heavy atom. The van der Waals surface area contributed by atoms with Crippen molar-refractivity contribution >= 4 is 5.91 Å². The number of nitrogens with zero attached hydrogens (tertiary/aromatic N) is 4. The molecule has 25 heavy (non-hydrogen) atoms. The van der Waals surface area contributed by atoms with Gasteiger partial charge in [0.25, 0.3) is 0 Å². The summed E-state index contributed by atoms with van der Waals surface area (Å²) in [7, 11) is 0. The van der Waals surface area contributed by atoms with Crippen molar-refractivity contribution in [1.29, 1.82) is 0 Å². The minimum Gasteiger partial charge on any atom is -0.508 e. The molecule has 7 heteroatoms. The topological polar surface area (TPSA) is 92.9 Å². The standard InChI is InChI=1S/C18H17N5O2/c24-17-3-1-2-14-15(17)8-9-16(14)20-18(25)10-12-4-6-13(7-5-12)23-11-19-21-22-23/h1-7,11,16,24H,8-10H2,(H,20,25)/t16-/m1/s1. The van der Waals surface area contributed by atoms with Gasteiger partial charge in [-0.2, -0.15) is 0 Å². The molecular formula is C18H17N5O2. The number of rotatable bonds is 4. The molecular weight excluding hydrogens is 318 g/mol. The molecule has 7 nitrogen and oxygen atoms in total. The van der Waals surface area contributed by atoms with Crippen molar-refractivity contribution in [3.05, 3.63) is 65.5 Å². The first kappa shape index (κ1) is 15.3. The smallest absolute Gasteiger partial charge is 0.224 e. The maximum atomic E-state index is 12.4. The van der Waals surface area contributed by atoms with E-state index in [-0.39, 0.29) is 11.9 Å². The lowest BCUT2D eigenvalue weighted by molar-refractivity contribution is -0.121. The van der Waals surface area contributed by atoms with Crippen molar-refractivity contribution in [2.75, 3.05) is 0 Å². The molecule has 1 heterocycles. The Labute approximate surface area is 144 Å². The molecule has 0 spiro atoms. The number of aromatic nitrogens is 4. The van der Waals surface area contributed by atoms with Gasteiger partial charge in [-0.3, -0.25) is 4.79 Å². The van der Waals surface area contributed by atoms with E-state index >= 15 is 0 Å². The number of benzene rings is 2. The highest BCUT2D eigenvalue weighted by Gasteiger charge is 2.25. The second kappa shape index (κ2) is 6.35. The maximum Gasteiger partial charge on any atom is 0.224 e. The van der Waals surface area contributed by atoms with Crippen molar-refractivity contribution in [3.63, 3.8) is 0 Å². The Kier molecular flexibility index (Phi) is 3.89. The van der Waals surface area contributed by atoms with Gasteiger partial charge in [0, 0.05) is 0 Å². The van der Waals surface area contributed by atoms with Crippen molar-refractivity contribution in [3.8, 4) is 11.4 Å². The van der Waals surface area contributed by atoms with Crippen LogP contribution in [0.4, 0.5) is 0 Å². The van der Waals surface area contributed by atoms with Gasteiger partial charge in [0.1, 0.15) is 12.1 Å². The van der Waals surface area contributed by atoms with Gasteiger partial charge in [-0.05, 0) is 58.2 Å². The van der Waals surface area contributed by atoms with Gasteiger partial charge in [0.05, 0.1) is 18.2 Å². The Morgan fingerprint density at radius 2 is 2.08 bits per heavy atom. The number of fused-ring (bicyclic) bond motifs is 1. The van der Waals surface area contributed by atoms with Gasteiger partial charge in [0.15, 0.2) is 0 Å². The summed E-state index contributed by atoms with van der Waals surface area (Å²) in [5.41, 5.74) is 3.72. The summed E-state index contributed by atoms with van der Waals surface area (Å²) in [4.78, 5) is 12.4. The minimum absolute atomic E-state index is 0.0311. The molecule has 3 aromatic rings. The molecule has 1 aromatic heterocycles. The van der Waals surface area contributed by atoms with Crippen LogP contribution in [-0.4, -0.2) is 31.2 Å². The normalized spacial score (nSPS) is 15.8. The molecule has 0 bridgehead atoms. The molecule has 1 atom stereocenters. The fourth-order valence-electron chi connectivity index (χ4n) is 3.26. The zero-order chi connectivity index (χ0) is 17.2. The van der Waals surface area contributed by atoms with Gasteiger partial charge in [-0.1, -0.05) is 24.3 Å². The number of aromatic hydroxyl groups is 1. The average molecular weight is 335 g/mol. The monoisotopic (exact) mass is 335 g/mol. The van der Waals surface area contributed by atoms with Crippen molar-refractivity contribution < 1.29 is 9.90 Å². The number of carbonyl (C=O) groups is 1. The Balaban J connectivity index is 1.41. The van der Waals surface area contributed by atoms with E-state index in [1.54, 1.807) is 10.7 Å². The first-order chi connectivity index (χ1) is 12.2. The number of hydrogen-bond acceptors (Lipinski definition) is 5. The van der Waals surface area contributed by atoms with Crippen LogP contribution >= 0.6 is 0 Å². The second-order valence-electron chi connectivity index (χ2n) is 6.10. The van der Waals surface area contributed by atoms with Crippen LogP contribution in [0.2, 0.25) is 0 Å². The second-order valence-corrected chi connectivity index (χ2v) is 6.10. The predicted molar refractivity (Wildman–Crippen MR) is 90.2 cm³/mol. The van der Waals surface area contributed by atoms with Crippen molar-refractivity contribution in [2.45, 2.75) is 25.3 Å². The average Bonchev–Trinajstić information content (AvgIpc) is 3.27. The molecule has 0 saturated heterocycles. The molecule has 2 aromatic carbocycles. The number of hydrogen-bond donors (Lipinski definition) is 2. The molecule has 1 aliphatic carbocycles. The lowest BCUT2D eigenvalue weighted by Crippen LogP contribution is -2.28. The molecule has 0 radical (unpaired) electrons. The quantitative estimate of drug-likeness (QED) is 0.757. The third kappa shape index (κ3) is 3.08. The summed E-state index contributed by atoms with van der Waals surface area (Å²) in [6.07, 6.45) is 3.43. The van der Waals surface area contributed by atoms with Crippen LogP contribution in [0.15, 0.2) is 48.8 Å². The highest BCUT2D eigenvalue weighted by Crippen LogP contribution is 2.36. The molecule has 1 amide bonds. The largest absolute Gasteiger partial charge is 0.508 e. The van der Waals surface area contributed by atoms with E-state index in [2.05, 4.69) is 20.8 Å². The number of tetrazole rings is 1. The zero-order valence-corrected chi connectivity index (χ0v) is 13.5. The maximum absolute atomic E-state index is 12.4. The summed E-state index contributed by atoms with van der Waals surface area (Å²) in [6, 6.07) is 13.0. The fraction of sp³-hybridized carbons (Fsp3) is 0.222. The van der Waals surface area contributed by atoms with E-state index in [4.69, 9.17) is 0 Å². The summed E-state index contributed by atoms with van der Waals surface area (Å²) in [6.45, 7) is 0. The highest BCUT2D eigenvalue weighted by atomic mass is 16.3. The van der Waals surface area contributed by atoms with E-state index < -0.39 is 0 Å². The molecule has 1 aliphatic rings. The van der Waals surface area contributed by atoms with Crippen LogP contribution in [-0.2, 0) is 17.6 Å². The van der Waals surface area contributed by atoms with Gasteiger partial charge in [-0.25, -0.2) is 4.68 Å². The molecule has 0 unspecified atom stereocenters. The molecule has 0 fully saturated rings. The van der Waals surface area contributed by atoms with Gasteiger partial charge in [-0.15, -0.1) is 5.10 Å². The van der Waals surface area contributed by atoms with Crippen molar-refractivity contribution in [2.24, 2.45) is 0 Å². The Hall–Kier alpha value is -3.22. The van der Waals surface area contributed by atoms with Crippen LogP contribution in [0, 0.1) is 0 Å². The van der Waals surface area contributed by atoms with Crippen LogP contribution in [0.1, 0.15) is 29.2 Å². The number of phenolic OH excluding ortho intramolecular Hbond substituents is 1. The lowest BCUT2D eigenvalue weighted by Gasteiger charge is -2.14. The SMILES string of the molecule is O=C(Cc1ccc(-n2cnnn2)cc1)N[C@@H]1CCc2c(O)cccc21. The highest BCUT2D eigenvalue weighted by molar-refractivity contribution is 5.79. The molecule has 126 valence electrons. The number of carbonyl (C=O) groups excluding carboxylic acids is 1. The van der Waals surface area contributed by atoms with Crippen molar-refractivity contribution in [1.82, 2.24) is 25.5 Å². The molecule has 4 rings (SSSR count). The van der Waals surface area contributed by atoms with Crippen LogP contribution in [0.25, 0.3) is 5.69 Å². The fourth-order valence-corrected chi connectivity index (χ4v) is 3.26. The summed E-state index contributed by atoms with van der Waals surface area (Å²) < 4.78 is 1.56. The minimum atomic E-state index is -0.0323.